The van der Waals surface area contributed by atoms with E-state index in [2.05, 4.69) is 20.4 Å². The van der Waals surface area contributed by atoms with Crippen molar-refractivity contribution < 1.29 is 13.6 Å². The molecule has 0 spiro atoms. The number of anilines is 3. The number of likely N-dealkylation sites (tertiary alicyclic amines) is 1. The highest BCUT2D eigenvalue weighted by atomic mass is 19.3. The van der Waals surface area contributed by atoms with E-state index in [1.54, 1.807) is 0 Å². The van der Waals surface area contributed by atoms with Crippen LogP contribution in [0.25, 0.3) is 0 Å². The van der Waals surface area contributed by atoms with Gasteiger partial charge in [-0.05, 0) is 51.4 Å². The number of carbonyl (C=O) groups is 1. The van der Waals surface area contributed by atoms with Gasteiger partial charge in [0, 0.05) is 55.7 Å². The Hall–Kier alpha value is -2.78. The molecule has 2 atom stereocenters. The lowest BCUT2D eigenvalue weighted by Crippen LogP contribution is -2.45. The summed E-state index contributed by atoms with van der Waals surface area (Å²) >= 11 is 0. The summed E-state index contributed by atoms with van der Waals surface area (Å²) in [5, 5.41) is 10.6. The fourth-order valence-electron chi connectivity index (χ4n) is 6.01. The summed E-state index contributed by atoms with van der Waals surface area (Å²) in [5.41, 5.74) is 2.85. The van der Waals surface area contributed by atoms with Crippen LogP contribution in [0, 0.1) is 0 Å². The van der Waals surface area contributed by atoms with Crippen LogP contribution >= 0.6 is 0 Å². The van der Waals surface area contributed by atoms with Gasteiger partial charge in [-0.1, -0.05) is 0 Å². The number of halogens is 2. The van der Waals surface area contributed by atoms with E-state index >= 15 is 0 Å². The van der Waals surface area contributed by atoms with Crippen LogP contribution in [0.5, 0.6) is 0 Å². The number of alkyl halides is 2. The van der Waals surface area contributed by atoms with Gasteiger partial charge in [0.05, 0.1) is 5.69 Å². The van der Waals surface area contributed by atoms with Gasteiger partial charge in [-0.2, -0.15) is 10.1 Å². The minimum absolute atomic E-state index is 0.0740. The zero-order chi connectivity index (χ0) is 23.3. The van der Waals surface area contributed by atoms with Gasteiger partial charge < -0.3 is 15.1 Å². The topological polar surface area (TPSA) is 90.0 Å². The number of amides is 1. The van der Waals surface area contributed by atoms with Crippen molar-refractivity contribution in [1.29, 1.82) is 0 Å². The minimum Gasteiger partial charge on any atom is -0.341 e. The zero-order valence-electron chi connectivity index (χ0n) is 19.3. The van der Waals surface area contributed by atoms with Crippen molar-refractivity contribution in [1.82, 2.24) is 25.1 Å². The lowest BCUT2D eigenvalue weighted by atomic mass is 10.0. The molecule has 6 rings (SSSR count). The van der Waals surface area contributed by atoms with E-state index in [1.165, 1.54) is 0 Å². The van der Waals surface area contributed by atoms with Gasteiger partial charge in [-0.25, -0.2) is 13.8 Å². The fourth-order valence-corrected chi connectivity index (χ4v) is 6.01. The third-order valence-corrected chi connectivity index (χ3v) is 7.82. The molecule has 0 aromatic carbocycles. The number of aromatic nitrogens is 4. The van der Waals surface area contributed by atoms with Crippen molar-refractivity contribution >= 4 is 23.5 Å². The molecule has 0 unspecified atom stereocenters. The number of rotatable bonds is 5. The van der Waals surface area contributed by atoms with Gasteiger partial charge in [-0.15, -0.1) is 0 Å². The predicted octanol–water partition coefficient (Wildman–Crippen LogP) is 3.93. The van der Waals surface area contributed by atoms with Gasteiger partial charge in [0.15, 0.2) is 5.82 Å². The van der Waals surface area contributed by atoms with E-state index < -0.39 is 5.92 Å². The van der Waals surface area contributed by atoms with E-state index in [-0.39, 0.29) is 30.7 Å². The van der Waals surface area contributed by atoms with Gasteiger partial charge >= 0.3 is 0 Å². The van der Waals surface area contributed by atoms with Crippen LogP contribution in [0.15, 0.2) is 6.07 Å². The lowest BCUT2D eigenvalue weighted by Gasteiger charge is -2.28. The lowest BCUT2D eigenvalue weighted by molar-refractivity contribution is -0.131. The Morgan fingerprint density at radius 2 is 1.94 bits per heavy atom. The largest absolute Gasteiger partial charge is 0.341 e. The molecule has 2 aromatic heterocycles. The molecule has 2 aliphatic carbocycles. The molecule has 4 heterocycles. The fraction of sp³-hybridized carbons (Fsp3) is 0.667. The number of aryl methyl sites for hydroxylation is 1. The first-order valence-electron chi connectivity index (χ1n) is 12.6. The summed E-state index contributed by atoms with van der Waals surface area (Å²) in [4.78, 5) is 27.0. The third-order valence-electron chi connectivity index (χ3n) is 7.82. The number of H-pyrrole nitrogens is 1. The average molecular weight is 472 g/mol. The van der Waals surface area contributed by atoms with Gasteiger partial charge in [0.25, 0.3) is 0 Å². The second-order valence-electron chi connectivity index (χ2n) is 10.2. The SMILES string of the molecule is O=C([C@@H]1CCCN1c1nc2c(c(Nc3cc([C@@H]4CCC(F)(F)C4)[nH]n3)n1)CCC2)N1CCCC1. The molecule has 0 bridgehead atoms. The molecule has 2 aliphatic heterocycles. The smallest absolute Gasteiger partial charge is 0.248 e. The van der Waals surface area contributed by atoms with Crippen molar-refractivity contribution in [2.45, 2.75) is 82.1 Å². The maximum atomic E-state index is 13.7. The molecule has 182 valence electrons. The molecule has 1 saturated carbocycles. The summed E-state index contributed by atoms with van der Waals surface area (Å²) in [5.74, 6) is -0.707. The number of hydrogen-bond donors (Lipinski definition) is 2. The van der Waals surface area contributed by atoms with Gasteiger partial charge in [0.1, 0.15) is 11.9 Å². The Labute approximate surface area is 197 Å². The van der Waals surface area contributed by atoms with Crippen LogP contribution in [0.2, 0.25) is 0 Å². The van der Waals surface area contributed by atoms with E-state index in [4.69, 9.17) is 9.97 Å². The van der Waals surface area contributed by atoms with Crippen molar-refractivity contribution in [3.8, 4) is 0 Å². The summed E-state index contributed by atoms with van der Waals surface area (Å²) < 4.78 is 27.3. The van der Waals surface area contributed by atoms with Crippen molar-refractivity contribution in [2.24, 2.45) is 0 Å². The highest BCUT2D eigenvalue weighted by molar-refractivity contribution is 5.85. The molecule has 4 aliphatic rings. The standard InChI is InChI=1S/C24H31F2N7O/c25-24(26)9-8-15(14-24)18-13-20(31-30-18)28-21-16-5-3-6-17(16)27-23(29-21)33-12-4-7-19(33)22(34)32-10-1-2-11-32/h13,15,19H,1-12,14H2,(H2,27,28,29,30,31)/t15-,19+/m1/s1. The first-order chi connectivity index (χ1) is 16.5. The first kappa shape index (κ1) is 21.7. The van der Waals surface area contributed by atoms with E-state index in [0.717, 1.165) is 81.5 Å². The Morgan fingerprint density at radius 1 is 1.09 bits per heavy atom. The van der Waals surface area contributed by atoms with Crippen LogP contribution in [0.1, 0.15) is 74.2 Å². The van der Waals surface area contributed by atoms with Crippen LogP contribution in [0.4, 0.5) is 26.4 Å². The van der Waals surface area contributed by atoms with E-state index in [1.807, 2.05) is 11.0 Å². The number of hydrogen-bond acceptors (Lipinski definition) is 6. The van der Waals surface area contributed by atoms with Crippen LogP contribution in [-0.2, 0) is 17.6 Å². The van der Waals surface area contributed by atoms with Crippen molar-refractivity contribution in [3.63, 3.8) is 0 Å². The molecule has 2 N–H and O–H groups in total. The molecule has 0 radical (unpaired) electrons. The normalized spacial score (nSPS) is 25.8. The Kier molecular flexibility index (Phi) is 5.41. The molecule has 2 aromatic rings. The maximum Gasteiger partial charge on any atom is 0.248 e. The molecular weight excluding hydrogens is 440 g/mol. The maximum absolute atomic E-state index is 13.7. The molecule has 1 amide bonds. The number of fused-ring (bicyclic) bond motifs is 1. The number of aromatic amines is 1. The summed E-state index contributed by atoms with van der Waals surface area (Å²) in [7, 11) is 0. The molecule has 2 saturated heterocycles. The van der Waals surface area contributed by atoms with Crippen molar-refractivity contribution in [3.05, 3.63) is 23.0 Å². The Bertz CT molecular complexity index is 1080. The first-order valence-corrected chi connectivity index (χ1v) is 12.6. The number of nitrogens with zero attached hydrogens (tertiary/aromatic N) is 5. The highest BCUT2D eigenvalue weighted by Crippen LogP contribution is 2.44. The molecule has 34 heavy (non-hydrogen) atoms. The number of carbonyl (C=O) groups excluding carboxylic acids is 1. The minimum atomic E-state index is -2.59. The highest BCUT2D eigenvalue weighted by Gasteiger charge is 2.41. The molecular formula is C24H31F2N7O. The Balaban J connectivity index is 1.25. The van der Waals surface area contributed by atoms with E-state index in [0.29, 0.717) is 24.0 Å². The quantitative estimate of drug-likeness (QED) is 0.687. The van der Waals surface area contributed by atoms with E-state index in [9.17, 15) is 13.6 Å². The number of nitrogens with one attached hydrogen (secondary N) is 2. The van der Waals surface area contributed by atoms with Crippen LogP contribution in [-0.4, -0.2) is 62.6 Å². The predicted molar refractivity (Wildman–Crippen MR) is 124 cm³/mol. The second kappa shape index (κ2) is 8.46. The van der Waals surface area contributed by atoms with Crippen LogP contribution in [0.3, 0.4) is 0 Å². The zero-order valence-corrected chi connectivity index (χ0v) is 19.3. The third kappa shape index (κ3) is 4.01. The van der Waals surface area contributed by atoms with Crippen LogP contribution < -0.4 is 10.2 Å². The Morgan fingerprint density at radius 3 is 2.74 bits per heavy atom. The van der Waals surface area contributed by atoms with Crippen molar-refractivity contribution in [2.75, 3.05) is 29.9 Å². The molecule has 3 fully saturated rings. The molecule has 8 nitrogen and oxygen atoms in total. The summed E-state index contributed by atoms with van der Waals surface area (Å²) in [6.45, 7) is 2.45. The van der Waals surface area contributed by atoms with Gasteiger partial charge in [-0.3, -0.25) is 9.89 Å². The summed E-state index contributed by atoms with van der Waals surface area (Å²) in [6, 6.07) is 1.62. The van der Waals surface area contributed by atoms with Gasteiger partial charge in [0.2, 0.25) is 17.8 Å². The molecule has 10 heteroatoms. The average Bonchev–Trinajstić information content (AvgIpc) is 3.63. The monoisotopic (exact) mass is 471 g/mol. The second-order valence-corrected chi connectivity index (χ2v) is 10.2. The summed E-state index contributed by atoms with van der Waals surface area (Å²) in [6.07, 6.45) is 6.97.